The van der Waals surface area contributed by atoms with Crippen molar-refractivity contribution in [2.45, 2.75) is 158 Å². The van der Waals surface area contributed by atoms with Crippen molar-refractivity contribution in [1.29, 1.82) is 0 Å². The zero-order valence-corrected chi connectivity index (χ0v) is 36.4. The van der Waals surface area contributed by atoms with Crippen molar-refractivity contribution in [3.63, 3.8) is 0 Å². The van der Waals surface area contributed by atoms with Gasteiger partial charge in [0, 0.05) is 0 Å². The average Bonchev–Trinajstić information content (AvgIpc) is 3.18. The Morgan fingerprint density at radius 3 is 0.402 bits per heavy atom. The fourth-order valence-corrected chi connectivity index (χ4v) is 4.11. The highest BCUT2D eigenvalue weighted by Gasteiger charge is 2.94. The van der Waals surface area contributed by atoms with Crippen LogP contribution in [0.5, 0.6) is 0 Å². The number of ether oxygens (including phenoxy) is 8. The first-order valence-corrected chi connectivity index (χ1v) is 17.6. The van der Waals surface area contributed by atoms with Crippen LogP contribution in [0.15, 0.2) is 0 Å². The summed E-state index contributed by atoms with van der Waals surface area (Å²) in [5.41, 5.74) is 0. The van der Waals surface area contributed by atoms with Crippen LogP contribution in [0.25, 0.3) is 0 Å². The quantitative estimate of drug-likeness (QED) is 0.0885. The van der Waals surface area contributed by atoms with E-state index in [1.165, 1.54) is 4.74 Å². The van der Waals surface area contributed by atoms with E-state index in [-0.39, 0.29) is 0 Å². The van der Waals surface area contributed by atoms with Crippen LogP contribution in [0.2, 0.25) is 0 Å². The Labute approximate surface area is 430 Å². The van der Waals surface area contributed by atoms with Crippen molar-refractivity contribution >= 4 is 0 Å². The monoisotopic (exact) mass is 1450 g/mol. The smallest absolute Gasteiger partial charge is 0.272 e. The molecule has 0 saturated carbocycles. The minimum Gasteiger partial charge on any atom is -0.272 e. The molecule has 8 unspecified atom stereocenters. The summed E-state index contributed by atoms with van der Waals surface area (Å²) in [7, 11) is 0. The molecule has 8 nitrogen and oxygen atoms in total. The Bertz CT molecular complexity index is 2350. The molecule has 0 aromatic rings. The van der Waals surface area contributed by atoms with Crippen LogP contribution < -0.4 is 0 Å². The molecule has 0 saturated heterocycles. The largest absolute Gasteiger partial charge is 0.462 e. The fourth-order valence-electron chi connectivity index (χ4n) is 4.11. The Morgan fingerprint density at radius 1 is 0.161 bits per heavy atom. The summed E-state index contributed by atoms with van der Waals surface area (Å²) < 4.78 is 729. The lowest BCUT2D eigenvalue weighted by molar-refractivity contribution is -0.610. The maximum Gasteiger partial charge on any atom is 0.462 e. The van der Waals surface area contributed by atoms with Crippen LogP contribution in [0.1, 0.15) is 0 Å². The van der Waals surface area contributed by atoms with E-state index in [0.29, 0.717) is 33.2 Å². The van der Waals surface area contributed by atoms with Crippen molar-refractivity contribution < 1.29 is 271 Å². The number of hydrogen-bond donors (Lipinski definition) is 0. The molecular weight excluding hydrogens is 1450 g/mol. The molecule has 524 valence electrons. The van der Waals surface area contributed by atoms with E-state index in [2.05, 4.69) is 0 Å². The Kier molecular flexibility index (Phi) is 20.8. The highest BCUT2D eigenvalue weighted by molar-refractivity contribution is 5.03. The summed E-state index contributed by atoms with van der Waals surface area (Å²) in [4.78, 5) is 0. The van der Waals surface area contributed by atoms with Crippen LogP contribution in [-0.2, 0) is 37.9 Å². The summed E-state index contributed by atoms with van der Waals surface area (Å²) in [6, 6.07) is 0. The second kappa shape index (κ2) is 21.8. The van der Waals surface area contributed by atoms with Crippen molar-refractivity contribution in [2.24, 2.45) is 0 Å². The predicted octanol–water partition coefficient (Wildman–Crippen LogP) is 16.5. The van der Waals surface area contributed by atoms with Crippen molar-refractivity contribution in [1.82, 2.24) is 0 Å². The first-order chi connectivity index (χ1) is 36.6. The molecule has 0 spiro atoms. The minimum absolute atomic E-state index is 0.389. The van der Waals surface area contributed by atoms with Gasteiger partial charge in [0.25, 0.3) is 6.36 Å². The molecule has 0 aliphatic rings. The van der Waals surface area contributed by atoms with Gasteiger partial charge in [0.15, 0.2) is 0 Å². The molecule has 0 aliphatic carbocycles. The molecule has 0 aromatic heterocycles. The summed E-state index contributed by atoms with van der Waals surface area (Å²) in [5.74, 6) is -78.1. The van der Waals surface area contributed by atoms with Crippen LogP contribution in [0, 0.1) is 0 Å². The third-order valence-electron chi connectivity index (χ3n) is 8.28. The second-order valence-corrected chi connectivity index (χ2v) is 14.5. The van der Waals surface area contributed by atoms with Gasteiger partial charge in [0.2, 0.25) is 0 Å². The number of halogens is 53. The van der Waals surface area contributed by atoms with Crippen LogP contribution >= 0.6 is 0 Å². The third kappa shape index (κ3) is 14.1. The van der Waals surface area contributed by atoms with E-state index in [0.717, 1.165) is 0 Å². The van der Waals surface area contributed by atoms with Crippen LogP contribution in [0.3, 0.4) is 0 Å². The van der Waals surface area contributed by atoms with Gasteiger partial charge >= 0.3 is 151 Å². The molecule has 87 heavy (non-hydrogen) atoms. The fraction of sp³-hybridized carbons (Fsp3) is 1.00. The first kappa shape index (κ1) is 83.0. The van der Waals surface area contributed by atoms with E-state index in [1.807, 2.05) is 0 Å². The van der Waals surface area contributed by atoms with Crippen molar-refractivity contribution in [2.75, 3.05) is 0 Å². The molecule has 61 heteroatoms. The highest BCUT2D eigenvalue weighted by atomic mass is 19.5. The van der Waals surface area contributed by atoms with Crippen LogP contribution in [0.4, 0.5) is 233 Å². The zero-order chi connectivity index (χ0) is 71.7. The summed E-state index contributed by atoms with van der Waals surface area (Å²) in [5, 5.41) is 0. The standard InChI is InChI=1S/C26HF53O8/c27-1(2(28,29)30)80-20(66,67)4(33,12(43,44)45)82-22(70,71)6(35,14(49,50)51)84-24(74,75)8(37,16(55,56)57)86-26(78,79)10(39,18(61,62)63)87-25(76,77)9(38,17(58,59)60)85-23(72,73)7(36,15(52,53)54)83-21(68,69)5(34,13(46,47)48)81-19(64,65)3(31,32)11(40,41)42/h1H. The van der Waals surface area contributed by atoms with Gasteiger partial charge in [-0.05, 0) is 0 Å². The SMILES string of the molecule is FC(OC(F)(F)C(F)(OC(F)(F)C(F)(OC(F)(F)C(F)(OC(F)(F)C(F)(OC(F)(F)C(F)(OC(F)(F)C(F)(OC(F)(F)C(F)(OC(F)(F)C(F)(F)C(F)(F)F)C(F)(F)F)C(F)(F)F)C(F)(F)F)C(F)(F)F)C(F)(F)F)C(F)(F)F)C(F)(F)F)C(F)(F)F. The Hall–Kier alpha value is -4.03. The minimum atomic E-state index is -10.3. The molecule has 0 heterocycles. The van der Waals surface area contributed by atoms with Gasteiger partial charge in [-0.3, -0.25) is 37.9 Å². The third-order valence-corrected chi connectivity index (χ3v) is 8.28. The zero-order valence-electron chi connectivity index (χ0n) is 36.4. The Balaban J connectivity index is 8.59. The average molecular weight is 1450 g/mol. The molecule has 0 aliphatic heterocycles. The lowest BCUT2D eigenvalue weighted by Gasteiger charge is -2.45. The lowest BCUT2D eigenvalue weighted by Crippen LogP contribution is -2.74. The number of rotatable bonds is 24. The summed E-state index contributed by atoms with van der Waals surface area (Å²) in [6.45, 7) is 0. The van der Waals surface area contributed by atoms with E-state index in [4.69, 9.17) is 0 Å². The molecule has 0 rings (SSSR count). The van der Waals surface area contributed by atoms with Crippen molar-refractivity contribution in [3.8, 4) is 0 Å². The van der Waals surface area contributed by atoms with Gasteiger partial charge < -0.3 is 0 Å². The summed E-state index contributed by atoms with van der Waals surface area (Å²) in [6.07, 6.45) is -166. The van der Waals surface area contributed by atoms with E-state index >= 15 is 0 Å². The maximum atomic E-state index is 15.0. The predicted molar refractivity (Wildman–Crippen MR) is 139 cm³/mol. The van der Waals surface area contributed by atoms with Gasteiger partial charge in [0.1, 0.15) is 0 Å². The van der Waals surface area contributed by atoms with Crippen molar-refractivity contribution in [3.05, 3.63) is 0 Å². The molecule has 0 N–H and O–H groups in total. The van der Waals surface area contributed by atoms with Gasteiger partial charge in [-0.25, -0.2) is 4.39 Å². The van der Waals surface area contributed by atoms with Gasteiger partial charge in [-0.1, -0.05) is 0 Å². The Morgan fingerprint density at radius 2 is 0.287 bits per heavy atom. The van der Waals surface area contributed by atoms with Gasteiger partial charge in [-0.15, -0.1) is 0 Å². The number of hydrogen-bond acceptors (Lipinski definition) is 8. The maximum absolute atomic E-state index is 15.0. The van der Waals surface area contributed by atoms with E-state index in [9.17, 15) is 233 Å². The molecule has 0 fully saturated rings. The number of alkyl halides is 53. The highest BCUT2D eigenvalue weighted by Crippen LogP contribution is 2.65. The molecular formula is C26HF53O8. The first-order valence-electron chi connectivity index (χ1n) is 17.6. The second-order valence-electron chi connectivity index (χ2n) is 14.5. The van der Waals surface area contributed by atoms with Gasteiger partial charge in [0.05, 0.1) is 0 Å². The molecule has 0 aromatic carbocycles. The molecule has 0 radical (unpaired) electrons. The van der Waals surface area contributed by atoms with E-state index < -0.39 is 158 Å². The molecule has 8 atom stereocenters. The molecule has 0 amide bonds. The topological polar surface area (TPSA) is 73.8 Å². The lowest BCUT2D eigenvalue weighted by atomic mass is 10.2. The molecule has 0 bridgehead atoms. The normalized spacial score (nSPS) is 21.2. The van der Waals surface area contributed by atoms with Crippen LogP contribution in [-0.4, -0.2) is 158 Å². The summed E-state index contributed by atoms with van der Waals surface area (Å²) >= 11 is 0. The van der Waals surface area contributed by atoms with Gasteiger partial charge in [-0.2, -0.15) is 228 Å². The van der Waals surface area contributed by atoms with E-state index in [1.54, 1.807) is 0 Å².